The molecule has 1 aliphatic rings. The van der Waals surface area contributed by atoms with Crippen molar-refractivity contribution in [2.24, 2.45) is 0 Å². The first-order valence-electron chi connectivity index (χ1n) is 7.28. The predicted octanol–water partition coefficient (Wildman–Crippen LogP) is 3.04. The Morgan fingerprint density at radius 2 is 1.62 bits per heavy atom. The average Bonchev–Trinajstić information content (AvgIpc) is 2.58. The molecule has 24 heavy (non-hydrogen) atoms. The van der Waals surface area contributed by atoms with Gasteiger partial charge < -0.3 is 14.9 Å². The van der Waals surface area contributed by atoms with Gasteiger partial charge in [0.25, 0.3) is 0 Å². The molecule has 118 valence electrons. The van der Waals surface area contributed by atoms with Crippen LogP contribution in [0, 0.1) is 0 Å². The molecule has 1 aliphatic carbocycles. The Labute approximate surface area is 136 Å². The predicted molar refractivity (Wildman–Crippen MR) is 87.1 cm³/mol. The number of hydrogen-bond donors (Lipinski definition) is 2. The highest BCUT2D eigenvalue weighted by Gasteiger charge is 2.35. The molecule has 0 aliphatic heterocycles. The van der Waals surface area contributed by atoms with Crippen LogP contribution in [0.4, 0.5) is 0 Å². The lowest BCUT2D eigenvalue weighted by Gasteiger charge is -2.21. The number of hydrogen-bond acceptors (Lipinski definition) is 5. The van der Waals surface area contributed by atoms with Crippen molar-refractivity contribution in [2.75, 3.05) is 7.11 Å². The van der Waals surface area contributed by atoms with Crippen molar-refractivity contribution in [1.82, 2.24) is 0 Å². The zero-order chi connectivity index (χ0) is 17.0. The minimum Gasteiger partial charge on any atom is -0.507 e. The van der Waals surface area contributed by atoms with E-state index >= 15 is 0 Å². The number of ketones is 2. The number of benzene rings is 3. The van der Waals surface area contributed by atoms with Crippen molar-refractivity contribution in [2.45, 2.75) is 0 Å². The van der Waals surface area contributed by atoms with Crippen molar-refractivity contribution in [1.29, 1.82) is 0 Å². The first-order chi connectivity index (χ1) is 11.5. The summed E-state index contributed by atoms with van der Waals surface area (Å²) in [7, 11) is 1.46. The van der Waals surface area contributed by atoms with E-state index in [-0.39, 0.29) is 33.8 Å². The Morgan fingerprint density at radius 1 is 0.875 bits per heavy atom. The fraction of sp³-hybridized carbons (Fsp3) is 0.0526. The van der Waals surface area contributed by atoms with Gasteiger partial charge in [0.05, 0.1) is 23.6 Å². The van der Waals surface area contributed by atoms with Gasteiger partial charge in [0, 0.05) is 11.1 Å². The fourth-order valence-corrected chi connectivity index (χ4v) is 3.22. The fourth-order valence-electron chi connectivity index (χ4n) is 3.22. The van der Waals surface area contributed by atoms with Crippen LogP contribution in [-0.4, -0.2) is 28.9 Å². The van der Waals surface area contributed by atoms with E-state index in [1.165, 1.54) is 25.3 Å². The van der Waals surface area contributed by atoms with Crippen molar-refractivity contribution in [3.05, 3.63) is 64.7 Å². The average molecular weight is 320 g/mol. The molecule has 0 atom stereocenters. The van der Waals surface area contributed by atoms with E-state index in [1.54, 1.807) is 24.3 Å². The number of fused-ring (bicyclic) bond motifs is 3. The maximum atomic E-state index is 12.8. The Kier molecular flexibility index (Phi) is 2.87. The lowest BCUT2D eigenvalue weighted by atomic mass is 9.81. The normalized spacial score (nSPS) is 12.9. The van der Waals surface area contributed by atoms with E-state index in [9.17, 15) is 19.8 Å². The lowest BCUT2D eigenvalue weighted by Crippen LogP contribution is -2.21. The third-order valence-electron chi connectivity index (χ3n) is 4.31. The summed E-state index contributed by atoms with van der Waals surface area (Å²) in [6.07, 6.45) is 0. The first-order valence-corrected chi connectivity index (χ1v) is 7.28. The summed E-state index contributed by atoms with van der Waals surface area (Å²) in [4.78, 5) is 25.6. The van der Waals surface area contributed by atoms with Crippen LogP contribution in [0.5, 0.6) is 17.2 Å². The lowest BCUT2D eigenvalue weighted by molar-refractivity contribution is 0.0974. The second-order valence-corrected chi connectivity index (χ2v) is 5.56. The van der Waals surface area contributed by atoms with Crippen molar-refractivity contribution in [3.63, 3.8) is 0 Å². The monoisotopic (exact) mass is 320 g/mol. The quantitative estimate of drug-likeness (QED) is 0.563. The summed E-state index contributed by atoms with van der Waals surface area (Å²) < 4.78 is 5.25. The van der Waals surface area contributed by atoms with Crippen LogP contribution in [-0.2, 0) is 0 Å². The van der Waals surface area contributed by atoms with E-state index < -0.39 is 11.6 Å². The molecule has 5 nitrogen and oxygen atoms in total. The van der Waals surface area contributed by atoms with E-state index in [2.05, 4.69) is 0 Å². The largest absolute Gasteiger partial charge is 0.507 e. The maximum absolute atomic E-state index is 12.8. The number of aromatic hydroxyl groups is 2. The number of rotatable bonds is 1. The molecule has 0 heterocycles. The molecule has 4 rings (SSSR count). The molecule has 2 N–H and O–H groups in total. The van der Waals surface area contributed by atoms with Gasteiger partial charge in [0.1, 0.15) is 17.2 Å². The summed E-state index contributed by atoms with van der Waals surface area (Å²) in [5.74, 6) is -1.18. The third-order valence-corrected chi connectivity index (χ3v) is 4.31. The molecule has 5 heteroatoms. The highest BCUT2D eigenvalue weighted by Crippen LogP contribution is 2.43. The smallest absolute Gasteiger partial charge is 0.201 e. The molecule has 0 unspecified atom stereocenters. The summed E-state index contributed by atoms with van der Waals surface area (Å²) in [6.45, 7) is 0. The Balaban J connectivity index is 2.14. The number of phenolic OH excluding ortho intramolecular Hbond substituents is 2. The molecule has 0 radical (unpaired) electrons. The van der Waals surface area contributed by atoms with Gasteiger partial charge in [-0.25, -0.2) is 0 Å². The first kappa shape index (κ1) is 14.3. The zero-order valence-corrected chi connectivity index (χ0v) is 12.7. The molecular weight excluding hydrogens is 308 g/mol. The molecule has 0 bridgehead atoms. The minimum atomic E-state index is -0.581. The van der Waals surface area contributed by atoms with Crippen LogP contribution in [0.25, 0.3) is 10.8 Å². The SMILES string of the molecule is COc1cccc2cc3c(c(O)c12)C(=O)c1c(O)cccc1C3=O. The number of carbonyl (C=O) groups is 2. The number of carbonyl (C=O) groups excluding carboxylic acids is 2. The summed E-state index contributed by atoms with van der Waals surface area (Å²) in [5.41, 5.74) is 0.0658. The van der Waals surface area contributed by atoms with E-state index in [1.807, 2.05) is 0 Å². The van der Waals surface area contributed by atoms with Crippen molar-refractivity contribution in [3.8, 4) is 17.2 Å². The van der Waals surface area contributed by atoms with Crippen LogP contribution >= 0.6 is 0 Å². The van der Waals surface area contributed by atoms with Crippen LogP contribution in [0.15, 0.2) is 42.5 Å². The minimum absolute atomic E-state index is 0.0838. The van der Waals surface area contributed by atoms with E-state index in [0.29, 0.717) is 16.5 Å². The Morgan fingerprint density at radius 3 is 2.38 bits per heavy atom. The van der Waals surface area contributed by atoms with Gasteiger partial charge in [-0.2, -0.15) is 0 Å². The molecule has 3 aromatic carbocycles. The van der Waals surface area contributed by atoms with Gasteiger partial charge in [-0.05, 0) is 23.6 Å². The van der Waals surface area contributed by atoms with Gasteiger partial charge in [0.2, 0.25) is 5.78 Å². The molecule has 0 saturated carbocycles. The Hall–Kier alpha value is -3.34. The van der Waals surface area contributed by atoms with Crippen LogP contribution in [0.2, 0.25) is 0 Å². The van der Waals surface area contributed by atoms with E-state index in [4.69, 9.17) is 4.74 Å². The van der Waals surface area contributed by atoms with Crippen LogP contribution in [0.1, 0.15) is 31.8 Å². The highest BCUT2D eigenvalue weighted by atomic mass is 16.5. The van der Waals surface area contributed by atoms with Gasteiger partial charge in [-0.1, -0.05) is 24.3 Å². The zero-order valence-electron chi connectivity index (χ0n) is 12.7. The van der Waals surface area contributed by atoms with Gasteiger partial charge in [0.15, 0.2) is 5.78 Å². The van der Waals surface area contributed by atoms with Crippen molar-refractivity contribution < 1.29 is 24.5 Å². The maximum Gasteiger partial charge on any atom is 0.201 e. The number of methoxy groups -OCH3 is 1. The molecule has 3 aromatic rings. The molecule has 0 fully saturated rings. The summed E-state index contributed by atoms with van der Waals surface area (Å²) >= 11 is 0. The number of ether oxygens (including phenoxy) is 1. The number of phenols is 2. The van der Waals surface area contributed by atoms with Crippen LogP contribution in [0.3, 0.4) is 0 Å². The second-order valence-electron chi connectivity index (χ2n) is 5.56. The van der Waals surface area contributed by atoms with Gasteiger partial charge >= 0.3 is 0 Å². The van der Waals surface area contributed by atoms with Gasteiger partial charge in [-0.3, -0.25) is 9.59 Å². The summed E-state index contributed by atoms with van der Waals surface area (Å²) in [5, 5.41) is 21.6. The topological polar surface area (TPSA) is 83.8 Å². The van der Waals surface area contributed by atoms with Gasteiger partial charge in [-0.15, -0.1) is 0 Å². The summed E-state index contributed by atoms with van der Waals surface area (Å²) in [6, 6.07) is 11.0. The molecule has 0 spiro atoms. The third kappa shape index (κ3) is 1.69. The molecule has 0 amide bonds. The molecular formula is C19H12O5. The van der Waals surface area contributed by atoms with Crippen LogP contribution < -0.4 is 4.74 Å². The standard InChI is InChI=1S/C19H12O5/c1-24-13-7-2-4-9-8-11-16(18(22)14(9)13)19(23)15-10(17(11)21)5-3-6-12(15)20/h2-8,20,22H,1H3. The van der Waals surface area contributed by atoms with E-state index in [0.717, 1.165) is 0 Å². The molecule has 0 saturated heterocycles. The molecule has 0 aromatic heterocycles. The highest BCUT2D eigenvalue weighted by molar-refractivity contribution is 6.32. The van der Waals surface area contributed by atoms with Crippen molar-refractivity contribution >= 4 is 22.3 Å². The second kappa shape index (κ2) is 4.83. The Bertz CT molecular complexity index is 1050.